The number of fused-ring (bicyclic) bond motifs is 4. The second-order valence-corrected chi connectivity index (χ2v) is 58.9. The second-order valence-electron chi connectivity index (χ2n) is 41.2. The number of imidazole rings is 1. The van der Waals surface area contributed by atoms with Crippen molar-refractivity contribution in [3.05, 3.63) is 330 Å². The Balaban J connectivity index is 0.000000239. The Bertz CT molecular complexity index is 5650. The molecule has 4 fully saturated rings. The van der Waals surface area contributed by atoms with Crippen LogP contribution in [0.4, 0.5) is 9.59 Å². The molecule has 4 aliphatic heterocycles. The van der Waals surface area contributed by atoms with Crippen molar-refractivity contribution < 1.29 is 102 Å². The summed E-state index contributed by atoms with van der Waals surface area (Å²) in [5.41, 5.74) is 8.55. The fourth-order valence-electron chi connectivity index (χ4n) is 19.6. The SMILES string of the molecule is CC(C)[Si]1(C(C)C)OC[C@H]2O[C@@H](OCC(OCc3ccccc3)C(OCc3ccccc3)C(COCc3ccc4ccccc4c3)OCc3ccccc3)[C@@H](OC(=O)N(C)C)C2O[Si](C(C)C)(C(C)C)O1.CC(C)[Si]1(C(C)C)OC[C@H]2O[C@@H](OCC(OCc3ccccc3)C(OCc3ccccc3)C(COCc3ccc4ccccc4c3)OCc3ccccc3)[C@@H](OC(=O)n3ccnc3)C2O[Si](C(C)C)(C(C)C)O1.CNC. The van der Waals surface area contributed by atoms with Gasteiger partial charge in [-0.1, -0.05) is 366 Å². The summed E-state index contributed by atoms with van der Waals surface area (Å²) in [5.74, 6) is 0. The Morgan fingerprint density at radius 1 is 0.361 bits per heavy atom. The van der Waals surface area contributed by atoms with Gasteiger partial charge in [0.15, 0.2) is 24.8 Å². The number of carbonyl (C=O) groups is 2. The van der Waals surface area contributed by atoms with E-state index < -0.39 is 132 Å². The number of hydrogen-bond acceptors (Lipinski definition) is 24. The van der Waals surface area contributed by atoms with Crippen LogP contribution in [0, 0.1) is 0 Å². The number of hydrogen-bond donors (Lipinski definition) is 1. The third-order valence-electron chi connectivity index (χ3n) is 27.6. The summed E-state index contributed by atoms with van der Waals surface area (Å²) in [4.78, 5) is 33.2. The van der Waals surface area contributed by atoms with Gasteiger partial charge in [0.2, 0.25) is 0 Å². The maximum absolute atomic E-state index is 14.0. The largest absolute Gasteiger partial charge is 0.438 e. The van der Waals surface area contributed by atoms with Gasteiger partial charge in [0, 0.05) is 26.5 Å². The molecule has 4 aliphatic rings. The molecular weight excluding hydrogens is 1930 g/mol. The lowest BCUT2D eigenvalue weighted by molar-refractivity contribution is -0.218. The molecule has 1 aromatic heterocycles. The minimum absolute atomic E-state index is 0.0127. The molecule has 10 aromatic carbocycles. The second kappa shape index (κ2) is 56.2. The number of benzene rings is 10. The summed E-state index contributed by atoms with van der Waals surface area (Å²) in [6.07, 6.45) is -8.10. The van der Waals surface area contributed by atoms with Gasteiger partial charge in [0.1, 0.15) is 67.4 Å². The van der Waals surface area contributed by atoms with E-state index in [0.29, 0.717) is 19.8 Å². The number of aromatic nitrogens is 2. The topological polar surface area (TPSA) is 252 Å². The Morgan fingerprint density at radius 3 is 0.952 bits per heavy atom. The molecule has 1 amide bonds. The highest BCUT2D eigenvalue weighted by atomic mass is 28.5. The zero-order valence-electron chi connectivity index (χ0n) is 89.6. The highest BCUT2D eigenvalue weighted by Crippen LogP contribution is 2.51. The molecule has 0 bridgehead atoms. The molecule has 14 atom stereocenters. The summed E-state index contributed by atoms with van der Waals surface area (Å²) in [5, 5.41) is 7.35. The first-order valence-electron chi connectivity index (χ1n) is 52.2. The van der Waals surface area contributed by atoms with Crippen molar-refractivity contribution in [2.24, 2.45) is 0 Å². The van der Waals surface area contributed by atoms with Gasteiger partial charge in [-0.25, -0.2) is 19.1 Å². The van der Waals surface area contributed by atoms with Gasteiger partial charge in [0.05, 0.1) is 92.5 Å². The van der Waals surface area contributed by atoms with Crippen LogP contribution in [-0.4, -0.2) is 215 Å². The number of ether oxygens (including phenoxy) is 14. The monoisotopic (exact) mass is 2080 g/mol. The van der Waals surface area contributed by atoms with Crippen LogP contribution in [0.25, 0.3) is 21.5 Å². The van der Waals surface area contributed by atoms with E-state index in [2.05, 4.69) is 182 Å². The van der Waals surface area contributed by atoms with E-state index in [1.54, 1.807) is 20.3 Å². The van der Waals surface area contributed by atoms with Crippen molar-refractivity contribution in [2.45, 2.75) is 294 Å². The molecule has 30 heteroatoms. The predicted molar refractivity (Wildman–Crippen MR) is 581 cm³/mol. The number of rotatable bonds is 46. The van der Waals surface area contributed by atoms with Gasteiger partial charge >= 0.3 is 46.4 Å². The van der Waals surface area contributed by atoms with Crippen molar-refractivity contribution in [2.75, 3.05) is 67.8 Å². The summed E-state index contributed by atoms with van der Waals surface area (Å²) < 4.78 is 141. The lowest BCUT2D eigenvalue weighted by Crippen LogP contribution is -2.66. The number of carbonyl (C=O) groups excluding carboxylic acids is 2. The molecule has 26 nitrogen and oxygen atoms in total. The molecular formula is C117H158N4O22Si4. The number of nitrogens with one attached hydrogen (secondary N) is 1. The Hall–Kier alpha value is -9.22. The Kier molecular flexibility index (Phi) is 43.9. The molecule has 4 saturated heterocycles. The lowest BCUT2D eigenvalue weighted by Gasteiger charge is -2.51. The van der Waals surface area contributed by atoms with E-state index in [9.17, 15) is 9.59 Å². The molecule has 15 rings (SSSR count). The molecule has 8 unspecified atom stereocenters. The molecule has 11 aromatic rings. The van der Waals surface area contributed by atoms with Crippen LogP contribution >= 0.6 is 0 Å². The first kappa shape index (κ1) is 115. The average Bonchev–Trinajstić information content (AvgIpc) is 1.61. The van der Waals surface area contributed by atoms with Crippen molar-refractivity contribution in [1.29, 1.82) is 0 Å². The van der Waals surface area contributed by atoms with Gasteiger partial charge in [-0.15, -0.1) is 0 Å². The average molecular weight is 2080 g/mol. The van der Waals surface area contributed by atoms with E-state index in [1.165, 1.54) is 22.0 Å². The predicted octanol–water partition coefficient (Wildman–Crippen LogP) is 23.8. The third-order valence-corrected chi connectivity index (χ3v) is 48.1. The summed E-state index contributed by atoms with van der Waals surface area (Å²) in [6.45, 7) is 37.6. The number of nitrogens with zero attached hydrogens (tertiary/aromatic N) is 3. The van der Waals surface area contributed by atoms with Gasteiger partial charge in [-0.2, -0.15) is 0 Å². The van der Waals surface area contributed by atoms with Crippen molar-refractivity contribution >= 4 is 68.0 Å². The first-order chi connectivity index (χ1) is 70.9. The van der Waals surface area contributed by atoms with Crippen LogP contribution in [0.15, 0.2) is 286 Å². The van der Waals surface area contributed by atoms with Gasteiger partial charge in [0.25, 0.3) is 0 Å². The van der Waals surface area contributed by atoms with E-state index in [-0.39, 0.29) is 117 Å². The maximum Gasteiger partial charge on any atom is 0.419 e. The molecule has 1 N–H and O–H groups in total. The fraction of sp³-hybridized carbons (Fsp3) is 0.479. The Morgan fingerprint density at radius 2 is 0.653 bits per heavy atom. The molecule has 5 heterocycles. The highest BCUT2D eigenvalue weighted by Gasteiger charge is 2.65. The Labute approximate surface area is 875 Å². The van der Waals surface area contributed by atoms with E-state index in [1.807, 2.05) is 220 Å². The zero-order valence-corrected chi connectivity index (χ0v) is 93.6. The summed E-state index contributed by atoms with van der Waals surface area (Å²) in [7, 11) is -5.16. The van der Waals surface area contributed by atoms with E-state index in [0.717, 1.165) is 66.1 Å². The van der Waals surface area contributed by atoms with Crippen LogP contribution < -0.4 is 5.32 Å². The molecule has 0 radical (unpaired) electrons. The number of amides is 1. The maximum atomic E-state index is 14.0. The smallest absolute Gasteiger partial charge is 0.419 e. The summed E-state index contributed by atoms with van der Waals surface area (Å²) >= 11 is 0. The van der Waals surface area contributed by atoms with Crippen LogP contribution in [0.3, 0.4) is 0 Å². The van der Waals surface area contributed by atoms with E-state index >= 15 is 0 Å². The van der Waals surface area contributed by atoms with Gasteiger partial charge in [-0.05, 0) is 137 Å². The van der Waals surface area contributed by atoms with Crippen LogP contribution in [0.2, 0.25) is 44.3 Å². The molecule has 0 saturated carbocycles. The van der Waals surface area contributed by atoms with E-state index in [4.69, 9.17) is 92.3 Å². The molecule has 0 aliphatic carbocycles. The van der Waals surface area contributed by atoms with Crippen molar-refractivity contribution in [1.82, 2.24) is 19.8 Å². The van der Waals surface area contributed by atoms with Gasteiger partial charge < -0.3 is 102 Å². The standard InChI is InChI=1S/C58H74N2O11Si2.C57H77NO11Si2.C2H7N/c1-41(2)72(42(3)4)67-39-53-55(70-73(71-72,43(5)6)44(7)8)56(69-58(61)60-31-30-59-40-60)57(68-53)66-38-52(64-35-46-22-14-10-15-23-46)54(65-36-47-24-16-11-17-25-47)51(63-34-45-20-12-9-13-21-45)37-62-33-48-28-29-49-26-18-19-27-50(49)32-48;1-40(2)70(41(3)4)65-39-52-54(68-71(69-70,42(5)6)43(7)8)55(67-57(59)58(9)10)56(66-52)64-38-51(62-35-45-24-16-12-17-25-45)53(63-36-46-26-18-13-19-27-46)50(61-34-44-22-14-11-15-23-44)37-60-33-47-30-31-48-28-20-21-29-49(48)32-47;1-3-2/h9-32,40-44,51-57H,33-39H2,1-8H3;11-32,40-43,50-56H,33-39H2,1-10H3;3H,1-2H3/t51?,52?,53-,54?,55?,56+,57-;50?,51?,52-,53?,54?,55+,56-;/m11./s1. The fourth-order valence-corrected chi connectivity index (χ4v) is 42.0. The van der Waals surface area contributed by atoms with Crippen LogP contribution in [-0.2, 0) is 145 Å². The minimum atomic E-state index is -3.20. The van der Waals surface area contributed by atoms with Crippen molar-refractivity contribution in [3.63, 3.8) is 0 Å². The minimum Gasteiger partial charge on any atom is -0.438 e. The zero-order chi connectivity index (χ0) is 105. The molecule has 0 spiro atoms. The highest BCUT2D eigenvalue weighted by molar-refractivity contribution is 6.84. The third kappa shape index (κ3) is 30.9. The molecule has 147 heavy (non-hydrogen) atoms. The first-order valence-corrected chi connectivity index (χ1v) is 60.1. The van der Waals surface area contributed by atoms with Gasteiger partial charge in [-0.3, -0.25) is 0 Å². The van der Waals surface area contributed by atoms with Crippen LogP contribution in [0.1, 0.15) is 155 Å². The quantitative estimate of drug-likeness (QED) is 0.0348. The van der Waals surface area contributed by atoms with Crippen molar-refractivity contribution in [3.8, 4) is 0 Å². The lowest BCUT2D eigenvalue weighted by atomic mass is 10.1. The summed E-state index contributed by atoms with van der Waals surface area (Å²) in [6, 6.07) is 89.5. The van der Waals surface area contributed by atoms with Crippen LogP contribution in [0.5, 0.6) is 0 Å². The normalized spacial score (nSPS) is 20.8. The molecule has 794 valence electrons.